The van der Waals surface area contributed by atoms with E-state index in [9.17, 15) is 18.0 Å². The molecule has 0 radical (unpaired) electrons. The maximum absolute atomic E-state index is 12.2. The Balaban J connectivity index is 2.35. The zero-order valence-electron chi connectivity index (χ0n) is 10.8. The maximum Gasteiger partial charge on any atom is 0.573 e. The standard InChI is InChI=1S/C14H10F3NO3/c1-20-12-7-10(21-14(15,16)17)4-5-11(12)13(19)9-3-2-6-18-8-9/h2-8H,1H3. The first-order chi connectivity index (χ1) is 9.90. The number of hydrogen-bond acceptors (Lipinski definition) is 4. The first-order valence-electron chi connectivity index (χ1n) is 5.79. The Morgan fingerprint density at radius 2 is 2.00 bits per heavy atom. The van der Waals surface area contributed by atoms with Crippen molar-refractivity contribution in [3.8, 4) is 11.5 Å². The summed E-state index contributed by atoms with van der Waals surface area (Å²) < 4.78 is 45.2. The molecule has 1 heterocycles. The van der Waals surface area contributed by atoms with Crippen molar-refractivity contribution in [3.05, 3.63) is 53.9 Å². The fraction of sp³-hybridized carbons (Fsp3) is 0.143. The van der Waals surface area contributed by atoms with Gasteiger partial charge in [-0.25, -0.2) is 0 Å². The number of halogens is 3. The number of benzene rings is 1. The highest BCUT2D eigenvalue weighted by molar-refractivity contribution is 6.10. The molecule has 0 unspecified atom stereocenters. The predicted molar refractivity (Wildman–Crippen MR) is 67.3 cm³/mol. The van der Waals surface area contributed by atoms with Crippen molar-refractivity contribution in [1.29, 1.82) is 0 Å². The normalized spacial score (nSPS) is 11.0. The summed E-state index contributed by atoms with van der Waals surface area (Å²) in [6, 6.07) is 6.42. The number of hydrogen-bond donors (Lipinski definition) is 0. The van der Waals surface area contributed by atoms with Gasteiger partial charge >= 0.3 is 6.36 Å². The molecule has 2 aromatic rings. The van der Waals surface area contributed by atoms with Crippen LogP contribution in [0.2, 0.25) is 0 Å². The van der Waals surface area contributed by atoms with Crippen LogP contribution in [0, 0.1) is 0 Å². The van der Waals surface area contributed by atoms with E-state index < -0.39 is 17.9 Å². The third kappa shape index (κ3) is 3.71. The molecule has 1 aromatic carbocycles. The van der Waals surface area contributed by atoms with Crippen molar-refractivity contribution in [2.75, 3.05) is 7.11 Å². The number of alkyl halides is 3. The fourth-order valence-electron chi connectivity index (χ4n) is 1.71. The van der Waals surface area contributed by atoms with Crippen LogP contribution in [0.3, 0.4) is 0 Å². The molecule has 0 amide bonds. The number of ketones is 1. The highest BCUT2D eigenvalue weighted by Gasteiger charge is 2.31. The third-order valence-corrected chi connectivity index (χ3v) is 2.57. The lowest BCUT2D eigenvalue weighted by atomic mass is 10.0. The number of aromatic nitrogens is 1. The van der Waals surface area contributed by atoms with Gasteiger partial charge in [-0.1, -0.05) is 0 Å². The Bertz CT molecular complexity index is 642. The van der Waals surface area contributed by atoms with E-state index in [1.54, 1.807) is 12.1 Å². The van der Waals surface area contributed by atoms with Gasteiger partial charge < -0.3 is 9.47 Å². The van der Waals surface area contributed by atoms with Crippen LogP contribution in [0.5, 0.6) is 11.5 Å². The quantitative estimate of drug-likeness (QED) is 0.813. The van der Waals surface area contributed by atoms with E-state index in [0.717, 1.165) is 12.1 Å². The maximum atomic E-state index is 12.2. The van der Waals surface area contributed by atoms with Gasteiger partial charge in [-0.05, 0) is 24.3 Å². The minimum Gasteiger partial charge on any atom is -0.496 e. The molecule has 0 aliphatic rings. The zero-order valence-corrected chi connectivity index (χ0v) is 10.8. The SMILES string of the molecule is COc1cc(OC(F)(F)F)ccc1C(=O)c1cccnc1. The van der Waals surface area contributed by atoms with Gasteiger partial charge in [-0.3, -0.25) is 9.78 Å². The average Bonchev–Trinajstić information content (AvgIpc) is 2.45. The molecule has 0 saturated carbocycles. The van der Waals surface area contributed by atoms with Crippen molar-refractivity contribution in [1.82, 2.24) is 4.98 Å². The first-order valence-corrected chi connectivity index (χ1v) is 5.79. The number of methoxy groups -OCH3 is 1. The van der Waals surface area contributed by atoms with E-state index in [0.29, 0.717) is 5.56 Å². The highest BCUT2D eigenvalue weighted by Crippen LogP contribution is 2.30. The second kappa shape index (κ2) is 5.82. The van der Waals surface area contributed by atoms with Gasteiger partial charge in [0.25, 0.3) is 0 Å². The largest absolute Gasteiger partial charge is 0.573 e. The summed E-state index contributed by atoms with van der Waals surface area (Å²) >= 11 is 0. The topological polar surface area (TPSA) is 48.4 Å². The summed E-state index contributed by atoms with van der Waals surface area (Å²) in [7, 11) is 1.26. The predicted octanol–water partition coefficient (Wildman–Crippen LogP) is 3.22. The number of rotatable bonds is 4. The van der Waals surface area contributed by atoms with Crippen LogP contribution in [-0.2, 0) is 0 Å². The molecule has 0 atom stereocenters. The van der Waals surface area contributed by atoms with Crippen molar-refractivity contribution >= 4 is 5.78 Å². The molecule has 0 N–H and O–H groups in total. The summed E-state index contributed by atoms with van der Waals surface area (Å²) in [6.07, 6.45) is -1.93. The Hall–Kier alpha value is -2.57. The number of carbonyl (C=O) groups is 1. The highest BCUT2D eigenvalue weighted by atomic mass is 19.4. The van der Waals surface area contributed by atoms with Crippen LogP contribution in [0.25, 0.3) is 0 Å². The van der Waals surface area contributed by atoms with E-state index in [2.05, 4.69) is 9.72 Å². The van der Waals surface area contributed by atoms with Gasteiger partial charge in [0, 0.05) is 24.0 Å². The molecule has 7 heteroatoms. The summed E-state index contributed by atoms with van der Waals surface area (Å²) in [5.74, 6) is -0.869. The molecule has 21 heavy (non-hydrogen) atoms. The molecular formula is C14H10F3NO3. The van der Waals surface area contributed by atoms with E-state index in [1.807, 2.05) is 0 Å². The van der Waals surface area contributed by atoms with Gasteiger partial charge in [0.15, 0.2) is 5.78 Å². The van der Waals surface area contributed by atoms with Crippen LogP contribution in [0.15, 0.2) is 42.7 Å². The zero-order chi connectivity index (χ0) is 15.5. The molecular weight excluding hydrogens is 287 g/mol. The molecule has 0 saturated heterocycles. The molecule has 0 aliphatic heterocycles. The van der Waals surface area contributed by atoms with Gasteiger partial charge in [0.1, 0.15) is 11.5 Å². The summed E-state index contributed by atoms with van der Waals surface area (Å²) in [5.41, 5.74) is 0.431. The lowest BCUT2D eigenvalue weighted by Gasteiger charge is -2.12. The minimum atomic E-state index is -4.81. The van der Waals surface area contributed by atoms with E-state index in [-0.39, 0.29) is 11.3 Å². The molecule has 110 valence electrons. The smallest absolute Gasteiger partial charge is 0.496 e. The molecule has 4 nitrogen and oxygen atoms in total. The molecule has 0 bridgehead atoms. The number of ether oxygens (including phenoxy) is 2. The Morgan fingerprint density at radius 1 is 1.24 bits per heavy atom. The molecule has 0 fully saturated rings. The van der Waals surface area contributed by atoms with Crippen LogP contribution < -0.4 is 9.47 Å². The lowest BCUT2D eigenvalue weighted by Crippen LogP contribution is -2.17. The summed E-state index contributed by atoms with van der Waals surface area (Å²) in [4.78, 5) is 16.1. The molecule has 0 aliphatic carbocycles. The molecule has 2 rings (SSSR count). The van der Waals surface area contributed by atoms with Crippen molar-refractivity contribution in [3.63, 3.8) is 0 Å². The lowest BCUT2D eigenvalue weighted by molar-refractivity contribution is -0.274. The van der Waals surface area contributed by atoms with E-state index in [4.69, 9.17) is 4.74 Å². The van der Waals surface area contributed by atoms with Crippen molar-refractivity contribution in [2.45, 2.75) is 6.36 Å². The van der Waals surface area contributed by atoms with Crippen LogP contribution in [0.4, 0.5) is 13.2 Å². The second-order valence-corrected chi connectivity index (χ2v) is 3.98. The van der Waals surface area contributed by atoms with Crippen molar-refractivity contribution < 1.29 is 27.4 Å². The Kier molecular flexibility index (Phi) is 4.11. The van der Waals surface area contributed by atoms with Crippen LogP contribution >= 0.6 is 0 Å². The second-order valence-electron chi connectivity index (χ2n) is 3.98. The van der Waals surface area contributed by atoms with Gasteiger partial charge in [-0.2, -0.15) is 0 Å². The van der Waals surface area contributed by atoms with Gasteiger partial charge in [-0.15, -0.1) is 13.2 Å². The Morgan fingerprint density at radius 3 is 2.57 bits per heavy atom. The molecule has 1 aromatic heterocycles. The van der Waals surface area contributed by atoms with Gasteiger partial charge in [0.2, 0.25) is 0 Å². The monoisotopic (exact) mass is 297 g/mol. The summed E-state index contributed by atoms with van der Waals surface area (Å²) in [6.45, 7) is 0. The van der Waals surface area contributed by atoms with E-state index in [1.165, 1.54) is 25.6 Å². The van der Waals surface area contributed by atoms with Crippen LogP contribution in [-0.4, -0.2) is 24.2 Å². The summed E-state index contributed by atoms with van der Waals surface area (Å²) in [5, 5.41) is 0. The Labute approximate surface area is 118 Å². The molecule has 0 spiro atoms. The van der Waals surface area contributed by atoms with Crippen molar-refractivity contribution in [2.24, 2.45) is 0 Å². The fourth-order valence-corrected chi connectivity index (χ4v) is 1.71. The number of pyridine rings is 1. The van der Waals surface area contributed by atoms with Crippen LogP contribution in [0.1, 0.15) is 15.9 Å². The first kappa shape index (κ1) is 14.8. The third-order valence-electron chi connectivity index (χ3n) is 2.57. The number of carbonyl (C=O) groups excluding carboxylic acids is 1. The number of nitrogens with zero attached hydrogens (tertiary/aromatic N) is 1. The van der Waals surface area contributed by atoms with E-state index >= 15 is 0 Å². The van der Waals surface area contributed by atoms with Gasteiger partial charge in [0.05, 0.1) is 12.7 Å². The average molecular weight is 297 g/mol. The minimum absolute atomic E-state index is 0.00870.